The predicted molar refractivity (Wildman–Crippen MR) is 100 cm³/mol. The Hall–Kier alpha value is -1.65. The van der Waals surface area contributed by atoms with Crippen molar-refractivity contribution in [3.05, 3.63) is 0 Å². The standard InChI is InChI=1S/C19H33N5O2/c1-15(2)21-17(25)13-23-9-11-24(12-10-23)16(3)18(26)22-19(14-20)7-5-4-6-8-19/h15-16H,4-13H2,1-3H3,(H,21,25)(H,22,26). The normalized spacial score (nSPS) is 22.4. The quantitative estimate of drug-likeness (QED) is 0.731. The first-order chi connectivity index (χ1) is 12.3. The van der Waals surface area contributed by atoms with Crippen molar-refractivity contribution in [3.63, 3.8) is 0 Å². The molecule has 7 nitrogen and oxygen atoms in total. The molecule has 26 heavy (non-hydrogen) atoms. The summed E-state index contributed by atoms with van der Waals surface area (Å²) in [6, 6.07) is 2.24. The molecule has 2 fully saturated rings. The van der Waals surface area contributed by atoms with Gasteiger partial charge < -0.3 is 10.6 Å². The first-order valence-corrected chi connectivity index (χ1v) is 9.84. The van der Waals surface area contributed by atoms with Crippen LogP contribution in [-0.2, 0) is 9.59 Å². The lowest BCUT2D eigenvalue weighted by atomic mass is 9.82. The van der Waals surface area contributed by atoms with E-state index in [9.17, 15) is 14.9 Å². The molecule has 0 radical (unpaired) electrons. The van der Waals surface area contributed by atoms with Gasteiger partial charge in [-0.15, -0.1) is 0 Å². The molecule has 1 atom stereocenters. The number of carbonyl (C=O) groups excluding carboxylic acids is 2. The minimum Gasteiger partial charge on any atom is -0.353 e. The van der Waals surface area contributed by atoms with Gasteiger partial charge in [-0.2, -0.15) is 5.26 Å². The van der Waals surface area contributed by atoms with Gasteiger partial charge in [0.2, 0.25) is 11.8 Å². The lowest BCUT2D eigenvalue weighted by Crippen LogP contribution is -2.58. The zero-order valence-corrected chi connectivity index (χ0v) is 16.4. The van der Waals surface area contributed by atoms with Crippen LogP contribution in [0, 0.1) is 11.3 Å². The lowest BCUT2D eigenvalue weighted by molar-refractivity contribution is -0.129. The Labute approximate surface area is 157 Å². The third kappa shape index (κ3) is 5.68. The van der Waals surface area contributed by atoms with Crippen molar-refractivity contribution in [2.24, 2.45) is 0 Å². The lowest BCUT2D eigenvalue weighted by Gasteiger charge is -2.39. The van der Waals surface area contributed by atoms with Gasteiger partial charge in [0.1, 0.15) is 5.54 Å². The molecular weight excluding hydrogens is 330 g/mol. The first kappa shape index (κ1) is 20.7. The maximum atomic E-state index is 12.7. The van der Waals surface area contributed by atoms with E-state index >= 15 is 0 Å². The summed E-state index contributed by atoms with van der Waals surface area (Å²) in [6.07, 6.45) is 4.64. The molecule has 0 aromatic carbocycles. The van der Waals surface area contributed by atoms with Crippen LogP contribution in [0.2, 0.25) is 0 Å². The van der Waals surface area contributed by atoms with E-state index in [1.807, 2.05) is 20.8 Å². The van der Waals surface area contributed by atoms with Gasteiger partial charge >= 0.3 is 0 Å². The van der Waals surface area contributed by atoms with Crippen LogP contribution in [0.15, 0.2) is 0 Å². The van der Waals surface area contributed by atoms with Crippen molar-refractivity contribution < 1.29 is 9.59 Å². The highest BCUT2D eigenvalue weighted by molar-refractivity contribution is 5.82. The van der Waals surface area contributed by atoms with Gasteiger partial charge in [-0.1, -0.05) is 19.3 Å². The summed E-state index contributed by atoms with van der Waals surface area (Å²) in [4.78, 5) is 28.8. The average molecular weight is 364 g/mol. The molecule has 7 heteroatoms. The van der Waals surface area contributed by atoms with Crippen molar-refractivity contribution in [2.75, 3.05) is 32.7 Å². The van der Waals surface area contributed by atoms with Gasteiger partial charge in [0.05, 0.1) is 18.7 Å². The van der Waals surface area contributed by atoms with Gasteiger partial charge in [-0.3, -0.25) is 19.4 Å². The van der Waals surface area contributed by atoms with E-state index in [2.05, 4.69) is 26.5 Å². The fourth-order valence-corrected chi connectivity index (χ4v) is 3.81. The van der Waals surface area contributed by atoms with E-state index in [-0.39, 0.29) is 23.9 Å². The Morgan fingerprint density at radius 1 is 1.08 bits per heavy atom. The van der Waals surface area contributed by atoms with E-state index < -0.39 is 5.54 Å². The van der Waals surface area contributed by atoms with Crippen LogP contribution in [0.25, 0.3) is 0 Å². The van der Waals surface area contributed by atoms with Crippen molar-refractivity contribution in [2.45, 2.75) is 70.5 Å². The number of hydrogen-bond donors (Lipinski definition) is 2. The number of nitrogens with zero attached hydrogens (tertiary/aromatic N) is 3. The first-order valence-electron chi connectivity index (χ1n) is 9.84. The number of carbonyl (C=O) groups is 2. The second-order valence-electron chi connectivity index (χ2n) is 7.95. The average Bonchev–Trinajstić information content (AvgIpc) is 2.61. The highest BCUT2D eigenvalue weighted by atomic mass is 16.2. The maximum Gasteiger partial charge on any atom is 0.238 e. The van der Waals surface area contributed by atoms with E-state index in [0.29, 0.717) is 6.54 Å². The smallest absolute Gasteiger partial charge is 0.238 e. The second kappa shape index (κ2) is 9.33. The molecule has 1 heterocycles. The van der Waals surface area contributed by atoms with Gasteiger partial charge in [-0.25, -0.2) is 0 Å². The molecule has 0 aromatic heterocycles. The molecule has 2 aliphatic rings. The molecule has 1 aliphatic carbocycles. The minimum atomic E-state index is -0.680. The van der Waals surface area contributed by atoms with E-state index in [0.717, 1.165) is 58.3 Å². The van der Waals surface area contributed by atoms with Gasteiger partial charge in [0.25, 0.3) is 0 Å². The maximum absolute atomic E-state index is 12.7. The topological polar surface area (TPSA) is 88.5 Å². The summed E-state index contributed by atoms with van der Waals surface area (Å²) >= 11 is 0. The van der Waals surface area contributed by atoms with Crippen LogP contribution in [0.3, 0.4) is 0 Å². The highest BCUT2D eigenvalue weighted by Gasteiger charge is 2.36. The van der Waals surface area contributed by atoms with Crippen molar-refractivity contribution in [1.82, 2.24) is 20.4 Å². The molecule has 1 aliphatic heterocycles. The summed E-state index contributed by atoms with van der Waals surface area (Å²) in [5.41, 5.74) is -0.680. The van der Waals surface area contributed by atoms with Crippen LogP contribution in [0.1, 0.15) is 52.9 Å². The molecule has 2 rings (SSSR count). The van der Waals surface area contributed by atoms with Crippen LogP contribution in [0.4, 0.5) is 0 Å². The van der Waals surface area contributed by atoms with Crippen molar-refractivity contribution >= 4 is 11.8 Å². The summed E-state index contributed by atoms with van der Waals surface area (Å²) in [5, 5.41) is 15.5. The minimum absolute atomic E-state index is 0.0486. The fourth-order valence-electron chi connectivity index (χ4n) is 3.81. The molecule has 1 unspecified atom stereocenters. The summed E-state index contributed by atoms with van der Waals surface area (Å²) < 4.78 is 0. The van der Waals surface area contributed by atoms with Crippen LogP contribution in [-0.4, -0.2) is 72.0 Å². The molecule has 0 aromatic rings. The van der Waals surface area contributed by atoms with Crippen LogP contribution < -0.4 is 10.6 Å². The Bertz CT molecular complexity index is 529. The Morgan fingerprint density at radius 3 is 2.23 bits per heavy atom. The number of rotatable bonds is 6. The monoisotopic (exact) mass is 363 g/mol. The van der Waals surface area contributed by atoms with Gasteiger partial charge in [-0.05, 0) is 33.6 Å². The number of piperazine rings is 1. The molecule has 0 spiro atoms. The molecule has 146 valence electrons. The fraction of sp³-hybridized carbons (Fsp3) is 0.842. The zero-order valence-electron chi connectivity index (χ0n) is 16.4. The largest absolute Gasteiger partial charge is 0.353 e. The van der Waals surface area contributed by atoms with Crippen molar-refractivity contribution in [3.8, 4) is 6.07 Å². The highest BCUT2D eigenvalue weighted by Crippen LogP contribution is 2.27. The van der Waals surface area contributed by atoms with E-state index in [1.54, 1.807) is 0 Å². The summed E-state index contributed by atoms with van der Waals surface area (Å²) in [6.45, 7) is 9.27. The Morgan fingerprint density at radius 2 is 1.69 bits per heavy atom. The summed E-state index contributed by atoms with van der Waals surface area (Å²) in [7, 11) is 0. The van der Waals surface area contributed by atoms with Crippen LogP contribution in [0.5, 0.6) is 0 Å². The SMILES string of the molecule is CC(C)NC(=O)CN1CCN(C(C)C(=O)NC2(C#N)CCCCC2)CC1. The second-order valence-corrected chi connectivity index (χ2v) is 7.95. The molecule has 2 amide bonds. The molecule has 2 N–H and O–H groups in total. The number of hydrogen-bond acceptors (Lipinski definition) is 5. The predicted octanol–water partition coefficient (Wildman–Crippen LogP) is 0.860. The Balaban J connectivity index is 1.80. The molecular formula is C19H33N5O2. The molecule has 1 saturated carbocycles. The molecule has 0 bridgehead atoms. The third-order valence-corrected chi connectivity index (χ3v) is 5.43. The van der Waals surface area contributed by atoms with Gasteiger partial charge in [0.15, 0.2) is 0 Å². The zero-order chi connectivity index (χ0) is 19.2. The van der Waals surface area contributed by atoms with E-state index in [4.69, 9.17) is 0 Å². The number of nitrogens with one attached hydrogen (secondary N) is 2. The Kier molecular flexibility index (Phi) is 7.42. The number of nitriles is 1. The number of amides is 2. The van der Waals surface area contributed by atoms with Crippen molar-refractivity contribution in [1.29, 1.82) is 5.26 Å². The molecule has 1 saturated heterocycles. The third-order valence-electron chi connectivity index (χ3n) is 5.43. The van der Waals surface area contributed by atoms with Gasteiger partial charge in [0, 0.05) is 32.2 Å². The van der Waals surface area contributed by atoms with E-state index in [1.165, 1.54) is 0 Å². The summed E-state index contributed by atoms with van der Waals surface area (Å²) in [5.74, 6) is -0.00745. The van der Waals surface area contributed by atoms with Crippen LogP contribution >= 0.6 is 0 Å².